The fourth-order valence-corrected chi connectivity index (χ4v) is 7.61. The van der Waals surface area contributed by atoms with E-state index in [1.54, 1.807) is 0 Å². The molecule has 214 valence electrons. The van der Waals surface area contributed by atoms with E-state index in [1.807, 2.05) is 60.7 Å². The second-order valence-electron chi connectivity index (χ2n) is 12.3. The van der Waals surface area contributed by atoms with Crippen molar-refractivity contribution in [1.82, 2.24) is 4.90 Å². The van der Waals surface area contributed by atoms with Gasteiger partial charge in [0.05, 0.1) is 0 Å². The highest BCUT2D eigenvalue weighted by molar-refractivity contribution is 6.05. The van der Waals surface area contributed by atoms with E-state index in [-0.39, 0.29) is 41.6 Å². The standard InChI is InChI=1S/C38H39NO3/c1-39(2)38-24-31(28-17-9-4-10-18-28)36(32(25-38)29-19-11-5-12-20-29)34(26-38)42-37(41)35(30-21-13-6-14-22-30)33(40)23-27-15-7-3-8-16-27/h3-22,31-32,34-36H,23-26H2,1-2H3/t31-,32-,34+,35?,36?,38?/m0/s1. The van der Waals surface area contributed by atoms with E-state index >= 15 is 0 Å². The van der Waals surface area contributed by atoms with Crippen molar-refractivity contribution in [3.8, 4) is 0 Å². The number of ketones is 1. The summed E-state index contributed by atoms with van der Waals surface area (Å²) in [6.45, 7) is 0. The molecule has 3 aliphatic rings. The van der Waals surface area contributed by atoms with Crippen LogP contribution in [-0.2, 0) is 20.7 Å². The van der Waals surface area contributed by atoms with E-state index in [9.17, 15) is 9.59 Å². The number of Topliss-reactive ketones (excluding diaryl/α,β-unsaturated/α-hetero) is 1. The molecule has 0 radical (unpaired) electrons. The van der Waals surface area contributed by atoms with Gasteiger partial charge in [0.2, 0.25) is 0 Å². The lowest BCUT2D eigenvalue weighted by Crippen LogP contribution is -2.61. The summed E-state index contributed by atoms with van der Waals surface area (Å²) in [5.41, 5.74) is 4.03. The molecule has 0 aliphatic heterocycles. The van der Waals surface area contributed by atoms with E-state index in [0.29, 0.717) is 5.56 Å². The molecule has 3 saturated carbocycles. The van der Waals surface area contributed by atoms with Crippen molar-refractivity contribution in [2.45, 2.75) is 55.1 Å². The fraction of sp³-hybridized carbons (Fsp3) is 0.316. The second kappa shape index (κ2) is 12.1. The van der Waals surface area contributed by atoms with Crippen LogP contribution in [0.3, 0.4) is 0 Å². The highest BCUT2D eigenvalue weighted by Crippen LogP contribution is 2.60. The Bertz CT molecular complexity index is 1440. The molecule has 0 saturated heterocycles. The predicted octanol–water partition coefficient (Wildman–Crippen LogP) is 7.18. The Hall–Kier alpha value is -4.02. The van der Waals surface area contributed by atoms with Crippen molar-refractivity contribution >= 4 is 11.8 Å². The highest BCUT2D eigenvalue weighted by Gasteiger charge is 2.58. The van der Waals surface area contributed by atoms with Crippen molar-refractivity contribution in [3.63, 3.8) is 0 Å². The first kappa shape index (κ1) is 28.1. The number of esters is 1. The fourth-order valence-electron chi connectivity index (χ4n) is 7.61. The molecule has 0 aromatic heterocycles. The maximum atomic E-state index is 14.2. The summed E-state index contributed by atoms with van der Waals surface area (Å²) in [5, 5.41) is 0. The number of hydrogen-bond donors (Lipinski definition) is 0. The monoisotopic (exact) mass is 557 g/mol. The normalized spacial score (nSPS) is 25.6. The lowest BCUT2D eigenvalue weighted by atomic mass is 9.51. The van der Waals surface area contributed by atoms with Gasteiger partial charge in [0, 0.05) is 24.3 Å². The van der Waals surface area contributed by atoms with E-state index in [0.717, 1.165) is 24.8 Å². The molecule has 7 rings (SSSR count). The first-order chi connectivity index (χ1) is 20.4. The summed E-state index contributed by atoms with van der Waals surface area (Å²) < 4.78 is 6.59. The molecule has 0 N–H and O–H groups in total. The van der Waals surface area contributed by atoms with E-state index < -0.39 is 11.9 Å². The van der Waals surface area contributed by atoms with Gasteiger partial charge in [-0.3, -0.25) is 9.59 Å². The first-order valence-electron chi connectivity index (χ1n) is 15.0. The van der Waals surface area contributed by atoms with Gasteiger partial charge in [-0.25, -0.2) is 0 Å². The van der Waals surface area contributed by atoms with Crippen molar-refractivity contribution in [2.24, 2.45) is 5.92 Å². The van der Waals surface area contributed by atoms with Gasteiger partial charge in [0.25, 0.3) is 0 Å². The number of nitrogens with zero attached hydrogens (tertiary/aromatic N) is 1. The molecular weight excluding hydrogens is 518 g/mol. The van der Waals surface area contributed by atoms with Crippen LogP contribution in [0.5, 0.6) is 0 Å². The number of benzene rings is 4. The van der Waals surface area contributed by atoms with Crippen LogP contribution in [0.2, 0.25) is 0 Å². The largest absolute Gasteiger partial charge is 0.461 e. The van der Waals surface area contributed by atoms with E-state index in [1.165, 1.54) is 11.1 Å². The zero-order valence-electron chi connectivity index (χ0n) is 24.4. The summed E-state index contributed by atoms with van der Waals surface area (Å²) >= 11 is 0. The molecule has 0 spiro atoms. The lowest BCUT2D eigenvalue weighted by molar-refractivity contribution is -0.169. The predicted molar refractivity (Wildman–Crippen MR) is 166 cm³/mol. The molecule has 3 aliphatic carbocycles. The highest BCUT2D eigenvalue weighted by atomic mass is 16.5. The Balaban J connectivity index is 1.37. The van der Waals surface area contributed by atoms with Crippen molar-refractivity contribution in [2.75, 3.05) is 14.1 Å². The van der Waals surface area contributed by atoms with Gasteiger partial charge in [-0.1, -0.05) is 121 Å². The third-order valence-corrected chi connectivity index (χ3v) is 9.72. The summed E-state index contributed by atoms with van der Waals surface area (Å²) in [4.78, 5) is 30.4. The van der Waals surface area contributed by atoms with Gasteiger partial charge in [-0.2, -0.15) is 0 Å². The molecule has 42 heavy (non-hydrogen) atoms. The number of hydrogen-bond acceptors (Lipinski definition) is 4. The maximum absolute atomic E-state index is 14.2. The average molecular weight is 558 g/mol. The van der Waals surface area contributed by atoms with Crippen LogP contribution < -0.4 is 0 Å². The van der Waals surface area contributed by atoms with E-state index in [2.05, 4.69) is 79.7 Å². The molecule has 0 heterocycles. The Morgan fingerprint density at radius 3 is 1.69 bits per heavy atom. The Kier molecular flexibility index (Phi) is 8.08. The molecule has 2 bridgehead atoms. The van der Waals surface area contributed by atoms with Crippen molar-refractivity contribution in [3.05, 3.63) is 144 Å². The summed E-state index contributed by atoms with van der Waals surface area (Å²) in [6, 6.07) is 40.4. The molecule has 4 heteroatoms. The van der Waals surface area contributed by atoms with Crippen molar-refractivity contribution < 1.29 is 14.3 Å². The van der Waals surface area contributed by atoms with Gasteiger partial charge in [-0.15, -0.1) is 0 Å². The van der Waals surface area contributed by atoms with Gasteiger partial charge >= 0.3 is 5.97 Å². The SMILES string of the molecule is CN(C)C12C[C@@H](OC(=O)C(C(=O)Cc3ccccc3)c3ccccc3)C([C@H](c3ccccc3)C1)[C@H](c1ccccc1)C2. The number of ether oxygens (including phenoxy) is 1. The van der Waals surface area contributed by atoms with Crippen LogP contribution >= 0.6 is 0 Å². The minimum atomic E-state index is -0.965. The third kappa shape index (κ3) is 5.56. The number of carbonyl (C=O) groups excluding carboxylic acids is 2. The minimum absolute atomic E-state index is 0.112. The van der Waals surface area contributed by atoms with Crippen LogP contribution in [0.1, 0.15) is 59.3 Å². The van der Waals surface area contributed by atoms with Gasteiger partial charge in [-0.05, 0) is 61.0 Å². The smallest absolute Gasteiger partial charge is 0.321 e. The summed E-state index contributed by atoms with van der Waals surface area (Å²) in [7, 11) is 4.32. The van der Waals surface area contributed by atoms with E-state index in [4.69, 9.17) is 4.74 Å². The molecule has 4 nitrogen and oxygen atoms in total. The molecular formula is C38H39NO3. The summed E-state index contributed by atoms with van der Waals surface area (Å²) in [5.74, 6) is -0.968. The average Bonchev–Trinajstić information content (AvgIpc) is 3.03. The number of carbonyl (C=O) groups is 2. The summed E-state index contributed by atoms with van der Waals surface area (Å²) in [6.07, 6.45) is 2.66. The van der Waals surface area contributed by atoms with Crippen LogP contribution in [0.25, 0.3) is 0 Å². The van der Waals surface area contributed by atoms with Gasteiger partial charge < -0.3 is 9.64 Å². The molecule has 1 unspecified atom stereocenters. The quantitative estimate of drug-likeness (QED) is 0.162. The second-order valence-corrected chi connectivity index (χ2v) is 12.3. The molecule has 4 aromatic rings. The van der Waals surface area contributed by atoms with Crippen LogP contribution in [0.15, 0.2) is 121 Å². The lowest BCUT2D eigenvalue weighted by Gasteiger charge is -2.60. The van der Waals surface area contributed by atoms with Crippen LogP contribution in [0.4, 0.5) is 0 Å². The van der Waals surface area contributed by atoms with Gasteiger partial charge in [0.1, 0.15) is 12.0 Å². The van der Waals surface area contributed by atoms with Gasteiger partial charge in [0.15, 0.2) is 5.78 Å². The minimum Gasteiger partial charge on any atom is -0.461 e. The third-order valence-electron chi connectivity index (χ3n) is 9.72. The molecule has 4 atom stereocenters. The van der Waals surface area contributed by atoms with Crippen molar-refractivity contribution in [1.29, 1.82) is 0 Å². The number of rotatable bonds is 9. The first-order valence-corrected chi connectivity index (χ1v) is 15.0. The Morgan fingerprint density at radius 1 is 0.714 bits per heavy atom. The van der Waals surface area contributed by atoms with Crippen LogP contribution in [-0.4, -0.2) is 42.4 Å². The molecule has 4 aromatic carbocycles. The van der Waals surface area contributed by atoms with Crippen LogP contribution in [0, 0.1) is 5.92 Å². The zero-order valence-corrected chi connectivity index (χ0v) is 24.4. The Morgan fingerprint density at radius 2 is 1.19 bits per heavy atom. The molecule has 3 fully saturated rings. The zero-order chi connectivity index (χ0) is 29.1. The topological polar surface area (TPSA) is 46.6 Å². The molecule has 0 amide bonds. The number of fused-ring (bicyclic) bond motifs is 3. The maximum Gasteiger partial charge on any atom is 0.321 e. The Labute approximate surface area is 249 Å².